The van der Waals surface area contributed by atoms with Gasteiger partial charge in [0.25, 0.3) is 0 Å². The highest BCUT2D eigenvalue weighted by molar-refractivity contribution is 6.31. The van der Waals surface area contributed by atoms with Crippen LogP contribution in [-0.2, 0) is 0 Å². The normalized spacial score (nSPS) is 12.0. The zero-order valence-corrected chi connectivity index (χ0v) is 13.8. The standard InChI is InChI=1S/C18H22ClNO/c1-12-5-6-14(3)18(9-12)21-15(4)11-20-16-8-7-13(2)17(19)10-16/h5-10,15,20H,11H2,1-4H3. The van der Waals surface area contributed by atoms with E-state index in [0.29, 0.717) is 0 Å². The molecule has 0 spiro atoms. The van der Waals surface area contributed by atoms with Crippen molar-refractivity contribution in [3.8, 4) is 5.75 Å². The second-order valence-corrected chi connectivity index (χ2v) is 5.95. The molecule has 0 amide bonds. The molecule has 2 aromatic carbocycles. The minimum Gasteiger partial charge on any atom is -0.489 e. The summed E-state index contributed by atoms with van der Waals surface area (Å²) < 4.78 is 6.01. The van der Waals surface area contributed by atoms with Gasteiger partial charge in [0.05, 0.1) is 6.54 Å². The topological polar surface area (TPSA) is 21.3 Å². The Hall–Kier alpha value is -1.67. The molecule has 0 saturated heterocycles. The van der Waals surface area contributed by atoms with Crippen LogP contribution in [0.5, 0.6) is 5.75 Å². The Morgan fingerprint density at radius 1 is 1.05 bits per heavy atom. The molecule has 0 aliphatic carbocycles. The number of anilines is 1. The molecule has 1 atom stereocenters. The van der Waals surface area contributed by atoms with E-state index < -0.39 is 0 Å². The maximum Gasteiger partial charge on any atom is 0.122 e. The quantitative estimate of drug-likeness (QED) is 0.825. The second kappa shape index (κ2) is 6.86. The van der Waals surface area contributed by atoms with E-state index in [0.717, 1.165) is 34.1 Å². The van der Waals surface area contributed by atoms with Crippen LogP contribution >= 0.6 is 11.6 Å². The number of benzene rings is 2. The first kappa shape index (κ1) is 15.7. The van der Waals surface area contributed by atoms with E-state index in [1.165, 1.54) is 5.56 Å². The summed E-state index contributed by atoms with van der Waals surface area (Å²) in [7, 11) is 0. The molecule has 0 aromatic heterocycles. The van der Waals surface area contributed by atoms with Crippen molar-refractivity contribution in [2.24, 2.45) is 0 Å². The van der Waals surface area contributed by atoms with Gasteiger partial charge >= 0.3 is 0 Å². The number of rotatable bonds is 5. The summed E-state index contributed by atoms with van der Waals surface area (Å²) in [5, 5.41) is 4.14. The van der Waals surface area contributed by atoms with Gasteiger partial charge in [-0.15, -0.1) is 0 Å². The maximum absolute atomic E-state index is 6.13. The van der Waals surface area contributed by atoms with Crippen LogP contribution < -0.4 is 10.1 Å². The van der Waals surface area contributed by atoms with Crippen LogP contribution in [0.25, 0.3) is 0 Å². The van der Waals surface area contributed by atoms with Gasteiger partial charge < -0.3 is 10.1 Å². The number of hydrogen-bond acceptors (Lipinski definition) is 2. The van der Waals surface area contributed by atoms with E-state index in [-0.39, 0.29) is 6.10 Å². The summed E-state index contributed by atoms with van der Waals surface area (Å²) in [6.07, 6.45) is 0.0746. The Kier molecular flexibility index (Phi) is 5.13. The molecule has 3 heteroatoms. The molecule has 112 valence electrons. The van der Waals surface area contributed by atoms with Gasteiger partial charge in [-0.05, 0) is 62.6 Å². The minimum atomic E-state index is 0.0746. The van der Waals surface area contributed by atoms with E-state index >= 15 is 0 Å². The fourth-order valence-corrected chi connectivity index (χ4v) is 2.24. The fraction of sp³-hybridized carbons (Fsp3) is 0.333. The van der Waals surface area contributed by atoms with Gasteiger partial charge in [-0.25, -0.2) is 0 Å². The molecular weight excluding hydrogens is 282 g/mol. The third-order valence-corrected chi connectivity index (χ3v) is 3.84. The number of aryl methyl sites for hydroxylation is 3. The molecule has 0 saturated carbocycles. The average Bonchev–Trinajstić information content (AvgIpc) is 2.44. The largest absolute Gasteiger partial charge is 0.489 e. The van der Waals surface area contributed by atoms with Gasteiger partial charge in [-0.2, -0.15) is 0 Å². The van der Waals surface area contributed by atoms with Gasteiger partial charge in [0, 0.05) is 10.7 Å². The molecule has 0 aliphatic heterocycles. The Bertz CT molecular complexity index is 625. The maximum atomic E-state index is 6.13. The molecule has 0 heterocycles. The van der Waals surface area contributed by atoms with Crippen molar-refractivity contribution in [2.45, 2.75) is 33.8 Å². The van der Waals surface area contributed by atoms with Crippen molar-refractivity contribution < 1.29 is 4.74 Å². The van der Waals surface area contributed by atoms with Crippen LogP contribution in [-0.4, -0.2) is 12.6 Å². The highest BCUT2D eigenvalue weighted by atomic mass is 35.5. The molecule has 0 radical (unpaired) electrons. The van der Waals surface area contributed by atoms with E-state index in [1.807, 2.05) is 25.1 Å². The molecular formula is C18H22ClNO. The zero-order valence-electron chi connectivity index (χ0n) is 13.0. The lowest BCUT2D eigenvalue weighted by molar-refractivity contribution is 0.233. The third kappa shape index (κ3) is 4.40. The van der Waals surface area contributed by atoms with Gasteiger partial charge in [-0.3, -0.25) is 0 Å². The lowest BCUT2D eigenvalue weighted by Gasteiger charge is -2.18. The molecule has 2 rings (SSSR count). The summed E-state index contributed by atoms with van der Waals surface area (Å²) in [6.45, 7) is 8.92. The Balaban J connectivity index is 1.94. The van der Waals surface area contributed by atoms with E-state index in [1.54, 1.807) is 0 Å². The minimum absolute atomic E-state index is 0.0746. The van der Waals surface area contributed by atoms with Crippen molar-refractivity contribution in [1.82, 2.24) is 0 Å². The highest BCUT2D eigenvalue weighted by Crippen LogP contribution is 2.22. The molecule has 2 aromatic rings. The third-order valence-electron chi connectivity index (χ3n) is 3.44. The number of halogens is 1. The molecule has 1 unspecified atom stereocenters. The van der Waals surface area contributed by atoms with Crippen LogP contribution in [0.3, 0.4) is 0 Å². The summed E-state index contributed by atoms with van der Waals surface area (Å²) in [6, 6.07) is 12.3. The van der Waals surface area contributed by atoms with Crippen molar-refractivity contribution in [3.63, 3.8) is 0 Å². The molecule has 0 aliphatic rings. The average molecular weight is 304 g/mol. The summed E-state index contributed by atoms with van der Waals surface area (Å²) in [4.78, 5) is 0. The predicted octanol–water partition coefficient (Wildman–Crippen LogP) is 5.14. The first-order chi connectivity index (χ1) is 9.95. The SMILES string of the molecule is Cc1ccc(C)c(OC(C)CNc2ccc(C)c(Cl)c2)c1. The molecule has 0 fully saturated rings. The molecule has 2 nitrogen and oxygen atoms in total. The molecule has 1 N–H and O–H groups in total. The molecule has 21 heavy (non-hydrogen) atoms. The van der Waals surface area contributed by atoms with E-state index in [9.17, 15) is 0 Å². The summed E-state index contributed by atoms with van der Waals surface area (Å²) in [5.74, 6) is 0.950. The van der Waals surface area contributed by atoms with Gasteiger partial charge in [0.15, 0.2) is 0 Å². The smallest absolute Gasteiger partial charge is 0.122 e. The monoisotopic (exact) mass is 303 g/mol. The van der Waals surface area contributed by atoms with Crippen molar-refractivity contribution in [2.75, 3.05) is 11.9 Å². The van der Waals surface area contributed by atoms with Gasteiger partial charge in [-0.1, -0.05) is 29.8 Å². The van der Waals surface area contributed by atoms with Crippen LogP contribution in [0.1, 0.15) is 23.6 Å². The Morgan fingerprint density at radius 2 is 1.76 bits per heavy atom. The van der Waals surface area contributed by atoms with Crippen molar-refractivity contribution in [3.05, 3.63) is 58.1 Å². The first-order valence-corrected chi connectivity index (χ1v) is 7.57. The Morgan fingerprint density at radius 3 is 2.48 bits per heavy atom. The molecule has 0 bridgehead atoms. The Labute approximate surface area is 132 Å². The first-order valence-electron chi connectivity index (χ1n) is 7.19. The lowest BCUT2D eigenvalue weighted by atomic mass is 10.1. The van der Waals surface area contributed by atoms with Crippen molar-refractivity contribution in [1.29, 1.82) is 0 Å². The van der Waals surface area contributed by atoms with Crippen LogP contribution in [0.2, 0.25) is 5.02 Å². The van der Waals surface area contributed by atoms with Gasteiger partial charge in [0.1, 0.15) is 11.9 Å². The second-order valence-electron chi connectivity index (χ2n) is 5.54. The van der Waals surface area contributed by atoms with E-state index in [4.69, 9.17) is 16.3 Å². The van der Waals surface area contributed by atoms with Crippen LogP contribution in [0, 0.1) is 20.8 Å². The number of ether oxygens (including phenoxy) is 1. The van der Waals surface area contributed by atoms with Gasteiger partial charge in [0.2, 0.25) is 0 Å². The number of nitrogens with one attached hydrogen (secondary N) is 1. The summed E-state index contributed by atoms with van der Waals surface area (Å²) >= 11 is 6.13. The summed E-state index contributed by atoms with van der Waals surface area (Å²) in [5.41, 5.74) is 4.47. The lowest BCUT2D eigenvalue weighted by Crippen LogP contribution is -2.23. The number of hydrogen-bond donors (Lipinski definition) is 1. The van der Waals surface area contributed by atoms with Crippen molar-refractivity contribution >= 4 is 17.3 Å². The fourth-order valence-electron chi connectivity index (χ4n) is 2.06. The van der Waals surface area contributed by atoms with E-state index in [2.05, 4.69) is 44.3 Å². The zero-order chi connectivity index (χ0) is 15.4. The van der Waals surface area contributed by atoms with Crippen LogP contribution in [0.4, 0.5) is 5.69 Å². The highest BCUT2D eigenvalue weighted by Gasteiger charge is 2.07. The van der Waals surface area contributed by atoms with Crippen LogP contribution in [0.15, 0.2) is 36.4 Å². The predicted molar refractivity (Wildman–Crippen MR) is 90.7 cm³/mol.